The summed E-state index contributed by atoms with van der Waals surface area (Å²) in [6.45, 7) is 2.45. The summed E-state index contributed by atoms with van der Waals surface area (Å²) in [5.74, 6) is 0. The monoisotopic (exact) mass is 253 g/mol. The van der Waals surface area contributed by atoms with Crippen LogP contribution in [-0.4, -0.2) is 43.0 Å². The topological polar surface area (TPSA) is 48.3 Å². The molecule has 5 nitrogen and oxygen atoms in total. The lowest BCUT2D eigenvalue weighted by molar-refractivity contribution is 0.105. The predicted octanol–water partition coefficient (Wildman–Crippen LogP) is 1.36. The molecule has 1 saturated carbocycles. The summed E-state index contributed by atoms with van der Waals surface area (Å²) in [5, 5.41) is 3.36. The van der Waals surface area contributed by atoms with E-state index in [2.05, 4.69) is 14.9 Å². The minimum Gasteiger partial charge on any atom is -0.383 e. The van der Waals surface area contributed by atoms with Crippen molar-refractivity contribution in [3.63, 3.8) is 0 Å². The van der Waals surface area contributed by atoms with E-state index in [1.807, 2.05) is 12.5 Å². The standard InChI is InChI=1S/C13H23N3O2/c1-17-6-5-14-8-12-9-15-10-16(12)11-3-4-13(7-11)18-2/h9-11,13-14H,3-8H2,1-2H3. The minimum absolute atomic E-state index is 0.409. The number of hydrogen-bond donors (Lipinski definition) is 1. The molecule has 102 valence electrons. The van der Waals surface area contributed by atoms with Gasteiger partial charge in [0.25, 0.3) is 0 Å². The molecule has 0 aromatic carbocycles. The molecule has 18 heavy (non-hydrogen) atoms. The van der Waals surface area contributed by atoms with Crippen molar-refractivity contribution in [3.05, 3.63) is 18.2 Å². The molecular formula is C13H23N3O2. The number of nitrogens with one attached hydrogen (secondary N) is 1. The highest BCUT2D eigenvalue weighted by Gasteiger charge is 2.26. The summed E-state index contributed by atoms with van der Waals surface area (Å²) in [6.07, 6.45) is 7.72. The van der Waals surface area contributed by atoms with E-state index < -0.39 is 0 Å². The Labute approximate surface area is 108 Å². The maximum atomic E-state index is 5.43. The molecule has 1 N–H and O–H groups in total. The van der Waals surface area contributed by atoms with Crippen LogP contribution in [0.1, 0.15) is 31.0 Å². The average molecular weight is 253 g/mol. The number of imidazole rings is 1. The first-order valence-corrected chi connectivity index (χ1v) is 6.58. The molecule has 2 atom stereocenters. The van der Waals surface area contributed by atoms with Gasteiger partial charge < -0.3 is 19.4 Å². The van der Waals surface area contributed by atoms with Gasteiger partial charge in [0.1, 0.15) is 0 Å². The third-order valence-electron chi connectivity index (χ3n) is 3.62. The molecule has 1 aliphatic carbocycles. The molecule has 0 amide bonds. The summed E-state index contributed by atoms with van der Waals surface area (Å²) < 4.78 is 12.7. The summed E-state index contributed by atoms with van der Waals surface area (Å²) in [6, 6.07) is 0.539. The van der Waals surface area contributed by atoms with Gasteiger partial charge in [-0.3, -0.25) is 0 Å². The van der Waals surface area contributed by atoms with Crippen molar-refractivity contribution >= 4 is 0 Å². The quantitative estimate of drug-likeness (QED) is 0.745. The lowest BCUT2D eigenvalue weighted by Crippen LogP contribution is -2.21. The van der Waals surface area contributed by atoms with Crippen LogP contribution in [0.5, 0.6) is 0 Å². The number of hydrogen-bond acceptors (Lipinski definition) is 4. The number of ether oxygens (including phenoxy) is 2. The van der Waals surface area contributed by atoms with Crippen molar-refractivity contribution in [1.82, 2.24) is 14.9 Å². The van der Waals surface area contributed by atoms with E-state index in [0.717, 1.165) is 32.5 Å². The first-order chi connectivity index (χ1) is 8.85. The van der Waals surface area contributed by atoms with Gasteiger partial charge in [-0.1, -0.05) is 0 Å². The highest BCUT2D eigenvalue weighted by molar-refractivity contribution is 5.01. The van der Waals surface area contributed by atoms with Crippen LogP contribution in [0.4, 0.5) is 0 Å². The van der Waals surface area contributed by atoms with Gasteiger partial charge in [-0.15, -0.1) is 0 Å². The van der Waals surface area contributed by atoms with Crippen molar-refractivity contribution in [2.75, 3.05) is 27.4 Å². The molecule has 0 radical (unpaired) electrons. The molecule has 0 saturated heterocycles. The highest BCUT2D eigenvalue weighted by atomic mass is 16.5. The maximum Gasteiger partial charge on any atom is 0.0951 e. The van der Waals surface area contributed by atoms with Gasteiger partial charge in [0.05, 0.1) is 24.7 Å². The predicted molar refractivity (Wildman–Crippen MR) is 69.5 cm³/mol. The van der Waals surface area contributed by atoms with E-state index >= 15 is 0 Å². The fourth-order valence-corrected chi connectivity index (χ4v) is 2.57. The van der Waals surface area contributed by atoms with Crippen LogP contribution in [0.25, 0.3) is 0 Å². The Kier molecular flexibility index (Phi) is 5.16. The van der Waals surface area contributed by atoms with Crippen LogP contribution in [0.3, 0.4) is 0 Å². The first kappa shape index (κ1) is 13.5. The second-order valence-corrected chi connectivity index (χ2v) is 4.79. The summed E-state index contributed by atoms with van der Waals surface area (Å²) in [5.41, 5.74) is 1.24. The zero-order valence-corrected chi connectivity index (χ0v) is 11.3. The fourth-order valence-electron chi connectivity index (χ4n) is 2.57. The van der Waals surface area contributed by atoms with E-state index in [1.165, 1.54) is 12.1 Å². The van der Waals surface area contributed by atoms with Gasteiger partial charge in [0.2, 0.25) is 0 Å². The third kappa shape index (κ3) is 3.31. The van der Waals surface area contributed by atoms with Crippen molar-refractivity contribution < 1.29 is 9.47 Å². The molecule has 0 aliphatic heterocycles. The smallest absolute Gasteiger partial charge is 0.0951 e. The summed E-state index contributed by atoms with van der Waals surface area (Å²) in [7, 11) is 3.52. The average Bonchev–Trinajstić information content (AvgIpc) is 3.02. The number of rotatable bonds is 7. The molecular weight excluding hydrogens is 230 g/mol. The number of nitrogens with zero attached hydrogens (tertiary/aromatic N) is 2. The van der Waals surface area contributed by atoms with Crippen LogP contribution in [0.2, 0.25) is 0 Å². The van der Waals surface area contributed by atoms with Crippen LogP contribution >= 0.6 is 0 Å². The normalized spacial score (nSPS) is 23.7. The molecule has 1 aromatic rings. The van der Waals surface area contributed by atoms with Crippen molar-refractivity contribution in [3.8, 4) is 0 Å². The Morgan fingerprint density at radius 1 is 1.44 bits per heavy atom. The van der Waals surface area contributed by atoms with Gasteiger partial charge in [-0.25, -0.2) is 4.98 Å². The third-order valence-corrected chi connectivity index (χ3v) is 3.62. The van der Waals surface area contributed by atoms with Crippen molar-refractivity contribution in [1.29, 1.82) is 0 Å². The van der Waals surface area contributed by atoms with Gasteiger partial charge in [-0.2, -0.15) is 0 Å². The lowest BCUT2D eigenvalue weighted by Gasteiger charge is -2.16. The van der Waals surface area contributed by atoms with E-state index in [-0.39, 0.29) is 0 Å². The Hall–Kier alpha value is -0.910. The first-order valence-electron chi connectivity index (χ1n) is 6.58. The Morgan fingerprint density at radius 2 is 2.33 bits per heavy atom. The largest absolute Gasteiger partial charge is 0.383 e. The Morgan fingerprint density at radius 3 is 3.06 bits per heavy atom. The molecule has 2 unspecified atom stereocenters. The SMILES string of the molecule is COCCNCc1cncn1C1CCC(OC)C1. The van der Waals surface area contributed by atoms with Crippen molar-refractivity contribution in [2.45, 2.75) is 38.0 Å². The number of methoxy groups -OCH3 is 2. The van der Waals surface area contributed by atoms with E-state index in [1.54, 1.807) is 14.2 Å². The van der Waals surface area contributed by atoms with Crippen LogP contribution in [-0.2, 0) is 16.0 Å². The fraction of sp³-hybridized carbons (Fsp3) is 0.769. The van der Waals surface area contributed by atoms with Gasteiger partial charge in [0, 0.05) is 39.5 Å². The Bertz CT molecular complexity index is 354. The zero-order valence-electron chi connectivity index (χ0n) is 11.3. The van der Waals surface area contributed by atoms with Crippen LogP contribution in [0, 0.1) is 0 Å². The zero-order chi connectivity index (χ0) is 12.8. The Balaban J connectivity index is 1.87. The minimum atomic E-state index is 0.409. The van der Waals surface area contributed by atoms with Crippen LogP contribution in [0.15, 0.2) is 12.5 Å². The lowest BCUT2D eigenvalue weighted by atomic mass is 10.2. The molecule has 5 heteroatoms. The molecule has 1 heterocycles. The van der Waals surface area contributed by atoms with E-state index in [0.29, 0.717) is 12.1 Å². The van der Waals surface area contributed by atoms with E-state index in [9.17, 15) is 0 Å². The molecule has 2 rings (SSSR count). The van der Waals surface area contributed by atoms with E-state index in [4.69, 9.17) is 9.47 Å². The van der Waals surface area contributed by atoms with Crippen molar-refractivity contribution in [2.24, 2.45) is 0 Å². The van der Waals surface area contributed by atoms with Crippen LogP contribution < -0.4 is 5.32 Å². The van der Waals surface area contributed by atoms with Gasteiger partial charge in [-0.05, 0) is 19.3 Å². The second kappa shape index (κ2) is 6.87. The molecule has 1 aliphatic rings. The maximum absolute atomic E-state index is 5.43. The molecule has 1 aromatic heterocycles. The molecule has 1 fully saturated rings. The summed E-state index contributed by atoms with van der Waals surface area (Å²) >= 11 is 0. The summed E-state index contributed by atoms with van der Waals surface area (Å²) in [4.78, 5) is 4.27. The molecule has 0 spiro atoms. The van der Waals surface area contributed by atoms with Gasteiger partial charge >= 0.3 is 0 Å². The molecule has 0 bridgehead atoms. The van der Waals surface area contributed by atoms with Gasteiger partial charge in [0.15, 0.2) is 0 Å². The second-order valence-electron chi connectivity index (χ2n) is 4.79. The number of aromatic nitrogens is 2. The highest BCUT2D eigenvalue weighted by Crippen LogP contribution is 2.32.